The van der Waals surface area contributed by atoms with Crippen molar-refractivity contribution in [1.82, 2.24) is 9.97 Å². The Balaban J connectivity index is 1.57. The summed E-state index contributed by atoms with van der Waals surface area (Å²) in [5.74, 6) is 1.74. The van der Waals surface area contributed by atoms with Crippen LogP contribution in [0.1, 0.15) is 0 Å². The van der Waals surface area contributed by atoms with E-state index in [-0.39, 0.29) is 10.6 Å². The van der Waals surface area contributed by atoms with Crippen LogP contribution in [0.5, 0.6) is 0 Å². The minimum Gasteiger partial charge on any atom is -0.353 e. The van der Waals surface area contributed by atoms with E-state index in [0.29, 0.717) is 5.69 Å². The minimum absolute atomic E-state index is 0.0251. The van der Waals surface area contributed by atoms with Gasteiger partial charge in [0.1, 0.15) is 11.6 Å². The van der Waals surface area contributed by atoms with E-state index in [4.69, 9.17) is 0 Å². The van der Waals surface area contributed by atoms with Gasteiger partial charge in [0.25, 0.3) is 5.69 Å². The molecule has 7 nitrogen and oxygen atoms in total. The van der Waals surface area contributed by atoms with Crippen LogP contribution in [0.15, 0.2) is 66.9 Å². The molecule has 1 aromatic carbocycles. The molecule has 2 aromatic heterocycles. The average molecular weight is 361 g/mol. The fraction of sp³-hybridized carbons (Fsp3) is 0.200. The summed E-state index contributed by atoms with van der Waals surface area (Å²) in [7, 11) is 0. The highest BCUT2D eigenvalue weighted by molar-refractivity contribution is 5.71. The summed E-state index contributed by atoms with van der Waals surface area (Å²) in [6.45, 7) is 3.23. The fourth-order valence-corrected chi connectivity index (χ4v) is 3.28. The second kappa shape index (κ2) is 7.41. The first-order chi connectivity index (χ1) is 13.2. The third-order valence-corrected chi connectivity index (χ3v) is 4.68. The number of anilines is 2. The van der Waals surface area contributed by atoms with E-state index in [1.165, 1.54) is 0 Å². The zero-order valence-electron chi connectivity index (χ0n) is 14.7. The normalized spacial score (nSPS) is 14.2. The monoisotopic (exact) mass is 361 g/mol. The molecule has 7 heteroatoms. The number of benzene rings is 1. The van der Waals surface area contributed by atoms with Gasteiger partial charge in [0, 0.05) is 44.0 Å². The van der Waals surface area contributed by atoms with Gasteiger partial charge in [-0.25, -0.2) is 9.97 Å². The van der Waals surface area contributed by atoms with Crippen molar-refractivity contribution in [1.29, 1.82) is 0 Å². The zero-order chi connectivity index (χ0) is 18.6. The second-order valence-corrected chi connectivity index (χ2v) is 6.32. The number of rotatable bonds is 4. The van der Waals surface area contributed by atoms with E-state index in [1.54, 1.807) is 18.3 Å². The van der Waals surface area contributed by atoms with Gasteiger partial charge < -0.3 is 9.80 Å². The van der Waals surface area contributed by atoms with Crippen LogP contribution < -0.4 is 9.80 Å². The number of nitro groups is 1. The molecule has 0 radical (unpaired) electrons. The molecule has 4 rings (SSSR count). The quantitative estimate of drug-likeness (QED) is 0.524. The predicted octanol–water partition coefficient (Wildman–Crippen LogP) is 3.38. The van der Waals surface area contributed by atoms with E-state index in [1.807, 2.05) is 48.5 Å². The number of pyridine rings is 2. The van der Waals surface area contributed by atoms with Crippen LogP contribution in [0.25, 0.3) is 11.3 Å². The van der Waals surface area contributed by atoms with Gasteiger partial charge in [-0.2, -0.15) is 0 Å². The van der Waals surface area contributed by atoms with Crippen molar-refractivity contribution in [3.63, 3.8) is 0 Å². The molecular formula is C20H19N5O2. The minimum atomic E-state index is -0.377. The van der Waals surface area contributed by atoms with E-state index < -0.39 is 0 Å². The van der Waals surface area contributed by atoms with Crippen molar-refractivity contribution in [3.8, 4) is 11.3 Å². The molecule has 1 saturated heterocycles. The molecule has 1 aliphatic heterocycles. The third kappa shape index (κ3) is 3.57. The first-order valence-electron chi connectivity index (χ1n) is 8.84. The Hall–Kier alpha value is -3.48. The Kier molecular flexibility index (Phi) is 4.65. The molecule has 0 unspecified atom stereocenters. The van der Waals surface area contributed by atoms with Crippen molar-refractivity contribution in [3.05, 3.63) is 77.0 Å². The van der Waals surface area contributed by atoms with Gasteiger partial charge in [-0.1, -0.05) is 36.4 Å². The van der Waals surface area contributed by atoms with Gasteiger partial charge in [-0.3, -0.25) is 10.1 Å². The maximum Gasteiger partial charge on any atom is 0.295 e. The van der Waals surface area contributed by atoms with E-state index >= 15 is 0 Å². The molecular weight excluding hydrogens is 342 g/mol. The summed E-state index contributed by atoms with van der Waals surface area (Å²) in [4.78, 5) is 24.5. The standard InChI is InChI=1S/C20H19N5O2/c26-25(27)17-9-10-19(22-20(17)16-6-2-1-3-7-16)24-14-12-23(13-15-24)18-8-4-5-11-21-18/h1-11H,12-15H2. The van der Waals surface area contributed by atoms with E-state index in [9.17, 15) is 10.1 Å². The zero-order valence-corrected chi connectivity index (χ0v) is 14.7. The Bertz CT molecular complexity index is 926. The van der Waals surface area contributed by atoms with Crippen molar-refractivity contribution in [2.75, 3.05) is 36.0 Å². The van der Waals surface area contributed by atoms with Gasteiger partial charge in [-0.15, -0.1) is 0 Å². The molecule has 0 aliphatic carbocycles. The highest BCUT2D eigenvalue weighted by Crippen LogP contribution is 2.30. The number of hydrogen-bond donors (Lipinski definition) is 0. The Morgan fingerprint density at radius 1 is 0.815 bits per heavy atom. The summed E-state index contributed by atoms with van der Waals surface area (Å²) in [6.07, 6.45) is 1.80. The van der Waals surface area contributed by atoms with Gasteiger partial charge >= 0.3 is 0 Å². The van der Waals surface area contributed by atoms with Crippen molar-refractivity contribution < 1.29 is 4.92 Å². The summed E-state index contributed by atoms with van der Waals surface area (Å²) in [6, 6.07) is 18.5. The molecule has 1 fully saturated rings. The summed E-state index contributed by atoms with van der Waals surface area (Å²) < 4.78 is 0. The maximum atomic E-state index is 11.4. The first-order valence-corrected chi connectivity index (χ1v) is 8.84. The molecule has 3 aromatic rings. The lowest BCUT2D eigenvalue weighted by molar-refractivity contribution is -0.384. The number of aromatic nitrogens is 2. The Morgan fingerprint density at radius 2 is 1.48 bits per heavy atom. The molecule has 0 bridgehead atoms. The van der Waals surface area contributed by atoms with Crippen molar-refractivity contribution in [2.24, 2.45) is 0 Å². The number of piperazine rings is 1. The van der Waals surface area contributed by atoms with Gasteiger partial charge in [0.2, 0.25) is 0 Å². The summed E-state index contributed by atoms with van der Waals surface area (Å²) in [5.41, 5.74) is 1.18. The van der Waals surface area contributed by atoms with Gasteiger partial charge in [-0.05, 0) is 18.2 Å². The lowest BCUT2D eigenvalue weighted by Gasteiger charge is -2.36. The Labute approximate surface area is 157 Å². The van der Waals surface area contributed by atoms with Crippen LogP contribution in [0, 0.1) is 10.1 Å². The van der Waals surface area contributed by atoms with Crippen molar-refractivity contribution in [2.45, 2.75) is 0 Å². The summed E-state index contributed by atoms with van der Waals surface area (Å²) in [5, 5.41) is 11.4. The molecule has 0 spiro atoms. The van der Waals surface area contributed by atoms with Gasteiger partial charge in [0.05, 0.1) is 4.92 Å². The van der Waals surface area contributed by atoms with Crippen LogP contribution in [-0.2, 0) is 0 Å². The SMILES string of the molecule is O=[N+]([O-])c1ccc(N2CCN(c3ccccn3)CC2)nc1-c1ccccc1. The lowest BCUT2D eigenvalue weighted by atomic mass is 10.1. The number of nitrogens with zero attached hydrogens (tertiary/aromatic N) is 5. The highest BCUT2D eigenvalue weighted by Gasteiger charge is 2.23. The van der Waals surface area contributed by atoms with Crippen molar-refractivity contribution >= 4 is 17.3 Å². The highest BCUT2D eigenvalue weighted by atomic mass is 16.6. The molecule has 27 heavy (non-hydrogen) atoms. The first kappa shape index (κ1) is 17.0. The molecule has 3 heterocycles. The predicted molar refractivity (Wildman–Crippen MR) is 105 cm³/mol. The molecule has 1 aliphatic rings. The molecule has 0 atom stereocenters. The second-order valence-electron chi connectivity index (χ2n) is 6.32. The molecule has 0 amide bonds. The van der Waals surface area contributed by atoms with E-state index in [0.717, 1.165) is 43.4 Å². The van der Waals surface area contributed by atoms with Gasteiger partial charge in [0.15, 0.2) is 5.69 Å². The van der Waals surface area contributed by atoms with Crippen LogP contribution in [0.3, 0.4) is 0 Å². The molecule has 0 N–H and O–H groups in total. The third-order valence-electron chi connectivity index (χ3n) is 4.68. The van der Waals surface area contributed by atoms with Crippen LogP contribution in [-0.4, -0.2) is 41.1 Å². The fourth-order valence-electron chi connectivity index (χ4n) is 3.28. The average Bonchev–Trinajstić information content (AvgIpc) is 2.74. The Morgan fingerprint density at radius 3 is 2.11 bits per heavy atom. The number of hydrogen-bond acceptors (Lipinski definition) is 6. The van der Waals surface area contributed by atoms with Crippen LogP contribution >= 0.6 is 0 Å². The largest absolute Gasteiger partial charge is 0.353 e. The maximum absolute atomic E-state index is 11.4. The van der Waals surface area contributed by atoms with Crippen LogP contribution in [0.4, 0.5) is 17.3 Å². The smallest absolute Gasteiger partial charge is 0.295 e. The summed E-state index contributed by atoms with van der Waals surface area (Å²) >= 11 is 0. The molecule has 0 saturated carbocycles. The molecule has 136 valence electrons. The van der Waals surface area contributed by atoms with Crippen LogP contribution in [0.2, 0.25) is 0 Å². The topological polar surface area (TPSA) is 75.4 Å². The van der Waals surface area contributed by atoms with E-state index in [2.05, 4.69) is 19.8 Å². The lowest BCUT2D eigenvalue weighted by Crippen LogP contribution is -2.47.